The topological polar surface area (TPSA) is 25.8 Å². The third kappa shape index (κ3) is 2.43. The second-order valence-corrected chi connectivity index (χ2v) is 5.66. The molecule has 18 heavy (non-hydrogen) atoms. The molecule has 0 atom stereocenters. The third-order valence-electron chi connectivity index (χ3n) is 2.88. The molecule has 1 heterocycles. The smallest absolute Gasteiger partial charge is 0.161 e. The van der Waals surface area contributed by atoms with Crippen LogP contribution in [-0.4, -0.2) is 9.97 Å². The highest BCUT2D eigenvalue weighted by Crippen LogP contribution is 2.30. The van der Waals surface area contributed by atoms with Gasteiger partial charge in [0.1, 0.15) is 5.15 Å². The molecule has 0 N–H and O–H groups in total. The molecule has 0 saturated heterocycles. The van der Waals surface area contributed by atoms with Crippen molar-refractivity contribution in [2.75, 3.05) is 0 Å². The second-order valence-electron chi connectivity index (χ2n) is 4.51. The molecule has 0 bridgehead atoms. The van der Waals surface area contributed by atoms with Gasteiger partial charge in [0.15, 0.2) is 5.82 Å². The summed E-state index contributed by atoms with van der Waals surface area (Å²) >= 11 is 9.48. The SMILES string of the molecule is Cc1cc(C)c(-c2nc(C)c(Br)c(Cl)n2)c(C)c1. The molecule has 2 nitrogen and oxygen atoms in total. The van der Waals surface area contributed by atoms with E-state index in [9.17, 15) is 0 Å². The van der Waals surface area contributed by atoms with Gasteiger partial charge in [-0.05, 0) is 54.8 Å². The largest absolute Gasteiger partial charge is 0.232 e. The highest BCUT2D eigenvalue weighted by Gasteiger charge is 2.13. The molecule has 0 aliphatic rings. The zero-order valence-electron chi connectivity index (χ0n) is 10.8. The van der Waals surface area contributed by atoms with Gasteiger partial charge in [-0.25, -0.2) is 9.97 Å². The molecule has 2 aromatic rings. The Kier molecular flexibility index (Phi) is 3.74. The van der Waals surface area contributed by atoms with Gasteiger partial charge < -0.3 is 0 Å². The van der Waals surface area contributed by atoms with Crippen molar-refractivity contribution in [3.63, 3.8) is 0 Å². The first-order valence-corrected chi connectivity index (χ1v) is 6.85. The van der Waals surface area contributed by atoms with E-state index in [1.165, 1.54) is 16.7 Å². The highest BCUT2D eigenvalue weighted by atomic mass is 79.9. The molecule has 0 aliphatic carbocycles. The molecule has 0 saturated carbocycles. The zero-order valence-corrected chi connectivity index (χ0v) is 13.1. The molecule has 1 aromatic heterocycles. The fraction of sp³-hybridized carbons (Fsp3) is 0.286. The number of hydrogen-bond donors (Lipinski definition) is 0. The molecular formula is C14H14BrClN2. The van der Waals surface area contributed by atoms with Crippen LogP contribution in [0.3, 0.4) is 0 Å². The average Bonchev–Trinajstić information content (AvgIpc) is 2.24. The highest BCUT2D eigenvalue weighted by molar-refractivity contribution is 9.10. The van der Waals surface area contributed by atoms with Crippen LogP contribution in [0.15, 0.2) is 16.6 Å². The number of rotatable bonds is 1. The average molecular weight is 326 g/mol. The minimum atomic E-state index is 0.455. The van der Waals surface area contributed by atoms with Crippen LogP contribution >= 0.6 is 27.5 Å². The first-order chi connectivity index (χ1) is 8.40. The van der Waals surface area contributed by atoms with E-state index in [1.807, 2.05) is 6.92 Å². The van der Waals surface area contributed by atoms with E-state index in [0.29, 0.717) is 11.0 Å². The fourth-order valence-corrected chi connectivity index (χ4v) is 2.56. The summed E-state index contributed by atoms with van der Waals surface area (Å²) in [6, 6.07) is 4.27. The third-order valence-corrected chi connectivity index (χ3v) is 4.33. The Bertz CT molecular complexity index is 577. The number of hydrogen-bond acceptors (Lipinski definition) is 2. The summed E-state index contributed by atoms with van der Waals surface area (Å²) < 4.78 is 0.760. The van der Waals surface area contributed by atoms with Crippen molar-refractivity contribution in [2.24, 2.45) is 0 Å². The van der Waals surface area contributed by atoms with E-state index in [4.69, 9.17) is 11.6 Å². The Morgan fingerprint density at radius 1 is 1.00 bits per heavy atom. The summed E-state index contributed by atoms with van der Waals surface area (Å²) in [6.45, 7) is 8.15. The predicted molar refractivity (Wildman–Crippen MR) is 79.1 cm³/mol. The van der Waals surface area contributed by atoms with Gasteiger partial charge in [0.2, 0.25) is 0 Å². The van der Waals surface area contributed by atoms with Gasteiger partial charge in [0.05, 0.1) is 10.2 Å². The maximum atomic E-state index is 6.11. The minimum absolute atomic E-state index is 0.455. The monoisotopic (exact) mass is 324 g/mol. The standard InChI is InChI=1S/C14H14BrClN2/c1-7-5-8(2)11(9(3)6-7)14-17-10(4)12(15)13(16)18-14/h5-6H,1-4H3. The molecule has 94 valence electrons. The van der Waals surface area contributed by atoms with Crippen LogP contribution in [0.5, 0.6) is 0 Å². The van der Waals surface area contributed by atoms with Crippen molar-refractivity contribution in [3.05, 3.63) is 44.1 Å². The lowest BCUT2D eigenvalue weighted by molar-refractivity contribution is 1.08. The molecule has 0 spiro atoms. The fourth-order valence-electron chi connectivity index (χ4n) is 2.17. The predicted octanol–water partition coefficient (Wildman–Crippen LogP) is 4.79. The van der Waals surface area contributed by atoms with Crippen molar-refractivity contribution in [1.82, 2.24) is 9.97 Å². The van der Waals surface area contributed by atoms with E-state index < -0.39 is 0 Å². The van der Waals surface area contributed by atoms with Gasteiger partial charge in [-0.2, -0.15) is 0 Å². The molecular weight excluding hydrogens is 312 g/mol. The first kappa shape index (κ1) is 13.5. The summed E-state index contributed by atoms with van der Waals surface area (Å²) in [6.07, 6.45) is 0. The van der Waals surface area contributed by atoms with E-state index in [1.54, 1.807) is 0 Å². The summed E-state index contributed by atoms with van der Waals surface area (Å²) in [5.41, 5.74) is 5.51. The van der Waals surface area contributed by atoms with Crippen LogP contribution in [-0.2, 0) is 0 Å². The van der Waals surface area contributed by atoms with Crippen LogP contribution in [0.2, 0.25) is 5.15 Å². The van der Waals surface area contributed by atoms with Gasteiger partial charge in [0.25, 0.3) is 0 Å². The maximum Gasteiger partial charge on any atom is 0.161 e. The van der Waals surface area contributed by atoms with E-state index in [0.717, 1.165) is 15.7 Å². The lowest BCUT2D eigenvalue weighted by Gasteiger charge is -2.11. The summed E-state index contributed by atoms with van der Waals surface area (Å²) in [4.78, 5) is 8.88. The van der Waals surface area contributed by atoms with E-state index in [-0.39, 0.29) is 0 Å². The second kappa shape index (κ2) is 4.98. The Balaban J connectivity index is 2.70. The van der Waals surface area contributed by atoms with E-state index >= 15 is 0 Å². The molecule has 0 unspecified atom stereocenters. The van der Waals surface area contributed by atoms with Crippen molar-refractivity contribution < 1.29 is 0 Å². The van der Waals surface area contributed by atoms with Gasteiger partial charge in [-0.3, -0.25) is 0 Å². The van der Waals surface area contributed by atoms with Gasteiger partial charge >= 0.3 is 0 Å². The lowest BCUT2D eigenvalue weighted by atomic mass is 9.99. The number of aryl methyl sites for hydroxylation is 4. The minimum Gasteiger partial charge on any atom is -0.232 e. The van der Waals surface area contributed by atoms with Crippen LogP contribution in [0.1, 0.15) is 22.4 Å². The van der Waals surface area contributed by atoms with Gasteiger partial charge in [-0.15, -0.1) is 0 Å². The van der Waals surface area contributed by atoms with Crippen LogP contribution in [0.25, 0.3) is 11.4 Å². The molecule has 0 amide bonds. The molecule has 1 aromatic carbocycles. The van der Waals surface area contributed by atoms with Crippen molar-refractivity contribution in [3.8, 4) is 11.4 Å². The summed E-state index contributed by atoms with van der Waals surface area (Å²) in [5, 5.41) is 0.455. The Hall–Kier alpha value is -0.930. The zero-order chi connectivity index (χ0) is 13.4. The van der Waals surface area contributed by atoms with Crippen molar-refractivity contribution in [1.29, 1.82) is 0 Å². The number of aromatic nitrogens is 2. The number of halogens is 2. The molecule has 0 radical (unpaired) electrons. The molecule has 2 rings (SSSR count). The number of nitrogens with zero attached hydrogens (tertiary/aromatic N) is 2. The van der Waals surface area contributed by atoms with Crippen molar-refractivity contribution in [2.45, 2.75) is 27.7 Å². The van der Waals surface area contributed by atoms with Crippen LogP contribution in [0.4, 0.5) is 0 Å². The normalized spacial score (nSPS) is 10.8. The number of benzene rings is 1. The summed E-state index contributed by atoms with van der Waals surface area (Å²) in [7, 11) is 0. The molecule has 0 aliphatic heterocycles. The summed E-state index contributed by atoms with van der Waals surface area (Å²) in [5.74, 6) is 0.690. The lowest BCUT2D eigenvalue weighted by Crippen LogP contribution is -1.98. The molecule has 0 fully saturated rings. The van der Waals surface area contributed by atoms with Gasteiger partial charge in [-0.1, -0.05) is 29.3 Å². The van der Waals surface area contributed by atoms with E-state index in [2.05, 4.69) is 58.8 Å². The van der Waals surface area contributed by atoms with Crippen molar-refractivity contribution >= 4 is 27.5 Å². The van der Waals surface area contributed by atoms with Crippen LogP contribution < -0.4 is 0 Å². The Morgan fingerprint density at radius 3 is 2.06 bits per heavy atom. The first-order valence-electron chi connectivity index (χ1n) is 5.68. The Morgan fingerprint density at radius 2 is 1.56 bits per heavy atom. The van der Waals surface area contributed by atoms with Gasteiger partial charge in [0, 0.05) is 5.56 Å². The Labute approximate surface area is 121 Å². The van der Waals surface area contributed by atoms with Crippen LogP contribution in [0, 0.1) is 27.7 Å². The molecule has 4 heteroatoms. The quantitative estimate of drug-likeness (QED) is 0.704. The maximum absolute atomic E-state index is 6.11.